The Kier molecular flexibility index (Phi) is 12.5. The molecule has 9 rings (SSSR count). The maximum Gasteiger partial charge on any atom is 0.268 e. The van der Waals surface area contributed by atoms with Crippen molar-refractivity contribution >= 4 is 83.2 Å². The largest absolute Gasteiger partial charge is 0.504 e. The molecule has 0 bridgehead atoms. The van der Waals surface area contributed by atoms with E-state index in [1.165, 1.54) is 80.8 Å². The third kappa shape index (κ3) is 8.69. The van der Waals surface area contributed by atoms with Crippen molar-refractivity contribution in [3.8, 4) is 44.9 Å². The molecular formula is C52H42N8O10S2. The van der Waals surface area contributed by atoms with Gasteiger partial charge in [0.05, 0.1) is 43.3 Å². The highest BCUT2D eigenvalue weighted by Gasteiger charge is 2.36. The second-order valence-corrected chi connectivity index (χ2v) is 20.2. The Morgan fingerprint density at radius 1 is 0.625 bits per heavy atom. The number of hydrogen-bond donors (Lipinski definition) is 6. The lowest BCUT2D eigenvalue weighted by Crippen LogP contribution is -2.27. The Balaban J connectivity index is 1.06. The molecule has 2 heterocycles. The number of ketones is 2. The van der Waals surface area contributed by atoms with Crippen LogP contribution in [0.3, 0.4) is 0 Å². The Bertz CT molecular complexity index is 3830. The first-order valence-electron chi connectivity index (χ1n) is 21.9. The van der Waals surface area contributed by atoms with Gasteiger partial charge in [-0.25, -0.2) is 24.8 Å². The SMILES string of the molecule is CC(=O)NCc1c(O)c(O)c2c(-c3ccc(N=Nc4ccc(S(=O)(=O)n5cc(-c6ccc(NC(C)=O)cc6)c6c5C=C(CN)C(=O)C6=O)cc4)cc3)cn(S(=O)(=O)c3ccc(N)cc3)c2c1-c1ccccc1. The normalized spacial score (nSPS) is 12.8. The molecule has 1 aliphatic carbocycles. The van der Waals surface area contributed by atoms with Crippen LogP contribution in [0.25, 0.3) is 50.4 Å². The van der Waals surface area contributed by atoms with Gasteiger partial charge in [-0.1, -0.05) is 54.6 Å². The van der Waals surface area contributed by atoms with Crippen molar-refractivity contribution < 1.29 is 46.2 Å². The topological polar surface area (TPSA) is 288 Å². The highest BCUT2D eigenvalue weighted by molar-refractivity contribution is 7.90. The fourth-order valence-corrected chi connectivity index (χ4v) is 11.2. The zero-order valence-electron chi connectivity index (χ0n) is 38.2. The van der Waals surface area contributed by atoms with Crippen LogP contribution in [0.4, 0.5) is 22.7 Å². The van der Waals surface area contributed by atoms with Crippen molar-refractivity contribution in [2.75, 3.05) is 17.6 Å². The summed E-state index contributed by atoms with van der Waals surface area (Å²) < 4.78 is 59.7. The number of amides is 2. The molecule has 0 unspecified atom stereocenters. The first kappa shape index (κ1) is 48.1. The summed E-state index contributed by atoms with van der Waals surface area (Å²) in [5.41, 5.74) is 15.0. The monoisotopic (exact) mass is 1000 g/mol. The minimum atomic E-state index is -4.42. The summed E-state index contributed by atoms with van der Waals surface area (Å²) in [5.74, 6) is -3.66. The third-order valence-corrected chi connectivity index (χ3v) is 15.3. The van der Waals surface area contributed by atoms with Gasteiger partial charge in [-0.3, -0.25) is 19.2 Å². The van der Waals surface area contributed by atoms with Crippen LogP contribution in [0.5, 0.6) is 11.5 Å². The molecule has 18 nitrogen and oxygen atoms in total. The predicted octanol–water partition coefficient (Wildman–Crippen LogP) is 8.03. The van der Waals surface area contributed by atoms with Crippen molar-refractivity contribution in [3.05, 3.63) is 162 Å². The summed E-state index contributed by atoms with van der Waals surface area (Å²) in [4.78, 5) is 49.9. The molecule has 6 aromatic carbocycles. The van der Waals surface area contributed by atoms with Crippen LogP contribution in [-0.2, 0) is 41.0 Å². The second-order valence-electron chi connectivity index (χ2n) is 16.6. The van der Waals surface area contributed by atoms with Crippen molar-refractivity contribution in [1.82, 2.24) is 13.3 Å². The number of Topliss-reactive ketones (excluding diaryl/α,β-unsaturated/α-hetero) is 2. The molecule has 0 saturated carbocycles. The summed E-state index contributed by atoms with van der Waals surface area (Å²) >= 11 is 0. The van der Waals surface area contributed by atoms with Crippen LogP contribution >= 0.6 is 0 Å². The van der Waals surface area contributed by atoms with Gasteiger partial charge in [-0.15, -0.1) is 0 Å². The molecule has 8 aromatic rings. The minimum Gasteiger partial charge on any atom is -0.504 e. The highest BCUT2D eigenvalue weighted by Crippen LogP contribution is 2.50. The summed E-state index contributed by atoms with van der Waals surface area (Å²) in [6, 6.07) is 32.5. The number of nitrogen functional groups attached to an aromatic ring is 1. The fraction of sp³-hybridized carbons (Fsp3) is 0.0769. The van der Waals surface area contributed by atoms with Crippen LogP contribution in [0.2, 0.25) is 0 Å². The number of carbonyl (C=O) groups excluding carboxylic acids is 4. The molecule has 0 radical (unpaired) electrons. The number of azo groups is 1. The van der Waals surface area contributed by atoms with Crippen LogP contribution in [0, 0.1) is 0 Å². The van der Waals surface area contributed by atoms with Crippen molar-refractivity contribution in [3.63, 3.8) is 0 Å². The molecule has 0 saturated heterocycles. The number of aromatic nitrogens is 2. The standard InChI is InChI=1S/C52H42N8O10S2/c1-29(61)55-26-41-45(33-6-4-3-5-7-33)48-47(52(66)50(41)64)43(28-60(48)72(69,70)39-20-12-35(54)13-21-39)32-10-16-37(17-11-32)57-58-38-18-22-40(23-19-38)71(67,68)59-27-42(31-8-14-36(15-9-31)56-30(2)62)46-44(59)24-34(25-53)49(63)51(46)65/h3-24,27-28,64,66H,25-26,53-54H2,1-2H3,(H,55,61)(H,56,62). The zero-order valence-corrected chi connectivity index (χ0v) is 39.8. The molecule has 8 N–H and O–H groups in total. The first-order valence-corrected chi connectivity index (χ1v) is 24.8. The Morgan fingerprint density at radius 3 is 1.75 bits per heavy atom. The van der Waals surface area contributed by atoms with Gasteiger partial charge in [0, 0.05) is 78.5 Å². The highest BCUT2D eigenvalue weighted by atomic mass is 32.2. The van der Waals surface area contributed by atoms with E-state index < -0.39 is 49.0 Å². The number of phenols is 2. The molecule has 362 valence electrons. The lowest BCUT2D eigenvalue weighted by atomic mass is 9.90. The quantitative estimate of drug-likeness (QED) is 0.0277. The average molecular weight is 1000 g/mol. The maximum absolute atomic E-state index is 14.6. The van der Waals surface area contributed by atoms with Gasteiger partial charge in [-0.05, 0) is 95.6 Å². The summed E-state index contributed by atoms with van der Waals surface area (Å²) in [6.07, 6.45) is 3.90. The van der Waals surface area contributed by atoms with E-state index in [2.05, 4.69) is 20.9 Å². The number of benzene rings is 6. The van der Waals surface area contributed by atoms with Crippen LogP contribution in [-0.4, -0.2) is 64.9 Å². The lowest BCUT2D eigenvalue weighted by molar-refractivity contribution is -0.119. The van der Waals surface area contributed by atoms with E-state index in [-0.39, 0.29) is 84.5 Å². The van der Waals surface area contributed by atoms with Crippen molar-refractivity contribution in [2.24, 2.45) is 16.0 Å². The molecular weight excluding hydrogens is 961 g/mol. The summed E-state index contributed by atoms with van der Waals surface area (Å²) in [6.45, 7) is 2.09. The van der Waals surface area contributed by atoms with E-state index in [9.17, 15) is 46.2 Å². The molecule has 0 aliphatic heterocycles. The summed E-state index contributed by atoms with van der Waals surface area (Å²) in [7, 11) is -8.82. The van der Waals surface area contributed by atoms with E-state index in [4.69, 9.17) is 11.5 Å². The average Bonchev–Trinajstić information content (AvgIpc) is 3.97. The first-order chi connectivity index (χ1) is 34.4. The van der Waals surface area contributed by atoms with Gasteiger partial charge in [-0.2, -0.15) is 10.2 Å². The van der Waals surface area contributed by atoms with Gasteiger partial charge in [0.15, 0.2) is 11.5 Å². The van der Waals surface area contributed by atoms with Gasteiger partial charge in [0.1, 0.15) is 0 Å². The van der Waals surface area contributed by atoms with Crippen molar-refractivity contribution in [1.29, 1.82) is 0 Å². The van der Waals surface area contributed by atoms with Gasteiger partial charge < -0.3 is 32.3 Å². The third-order valence-electron chi connectivity index (χ3n) is 11.9. The smallest absolute Gasteiger partial charge is 0.268 e. The van der Waals surface area contributed by atoms with E-state index in [1.807, 2.05) is 0 Å². The number of rotatable bonds is 13. The number of carbonyl (C=O) groups is 4. The van der Waals surface area contributed by atoms with Gasteiger partial charge in [0.2, 0.25) is 23.4 Å². The van der Waals surface area contributed by atoms with Crippen LogP contribution in [0.15, 0.2) is 165 Å². The maximum atomic E-state index is 14.6. The lowest BCUT2D eigenvalue weighted by Gasteiger charge is -2.18. The van der Waals surface area contributed by atoms with Crippen LogP contribution in [0.1, 0.15) is 35.5 Å². The summed E-state index contributed by atoms with van der Waals surface area (Å²) in [5, 5.41) is 37.3. The van der Waals surface area contributed by atoms with Crippen molar-refractivity contribution in [2.45, 2.75) is 30.2 Å². The molecule has 2 amide bonds. The molecule has 1 aliphatic rings. The number of anilines is 2. The Labute approximate surface area is 411 Å². The predicted molar refractivity (Wildman–Crippen MR) is 271 cm³/mol. The second kappa shape index (κ2) is 18.7. The fourth-order valence-electron chi connectivity index (χ4n) is 8.44. The van der Waals surface area contributed by atoms with E-state index in [0.29, 0.717) is 33.8 Å². The van der Waals surface area contributed by atoms with Crippen LogP contribution < -0.4 is 22.1 Å². The molecule has 2 aromatic heterocycles. The van der Waals surface area contributed by atoms with E-state index in [0.717, 1.165) is 7.94 Å². The Hall–Kier alpha value is -8.98. The number of nitrogens with two attached hydrogens (primary N) is 2. The molecule has 0 fully saturated rings. The number of fused-ring (bicyclic) bond motifs is 2. The number of hydrogen-bond acceptors (Lipinski definition) is 14. The van der Waals surface area contributed by atoms with E-state index in [1.54, 1.807) is 78.9 Å². The van der Waals surface area contributed by atoms with Gasteiger partial charge >= 0.3 is 0 Å². The van der Waals surface area contributed by atoms with Gasteiger partial charge in [0.25, 0.3) is 20.0 Å². The number of nitrogens with one attached hydrogen (secondary N) is 2. The number of aromatic hydroxyl groups is 2. The minimum absolute atomic E-state index is 0.00583. The molecule has 0 atom stereocenters. The molecule has 72 heavy (non-hydrogen) atoms. The Morgan fingerprint density at radius 2 is 1.17 bits per heavy atom. The number of nitrogens with zero attached hydrogens (tertiary/aromatic N) is 4. The molecule has 0 spiro atoms. The van der Waals surface area contributed by atoms with E-state index >= 15 is 0 Å². The number of phenolic OH excluding ortho intramolecular Hbond substituents is 2. The zero-order chi connectivity index (χ0) is 51.2. The molecule has 20 heteroatoms.